The van der Waals surface area contributed by atoms with Crippen LogP contribution in [0.15, 0.2) is 0 Å². The van der Waals surface area contributed by atoms with Gasteiger partial charge in [-0.3, -0.25) is 9.59 Å². The van der Waals surface area contributed by atoms with Crippen LogP contribution in [0.3, 0.4) is 0 Å². The van der Waals surface area contributed by atoms with E-state index in [4.69, 9.17) is 5.73 Å². The molecule has 1 amide bonds. The Morgan fingerprint density at radius 2 is 1.89 bits per heavy atom. The molecule has 1 unspecified atom stereocenters. The molecule has 0 saturated heterocycles. The van der Waals surface area contributed by atoms with Crippen LogP contribution in [-0.4, -0.2) is 29.6 Å². The highest BCUT2D eigenvalue weighted by molar-refractivity contribution is 5.79. The molecule has 0 bridgehead atoms. The minimum absolute atomic E-state index is 0.149. The zero-order valence-corrected chi connectivity index (χ0v) is 11.2. The maximum absolute atomic E-state index is 11.7. The lowest BCUT2D eigenvalue weighted by atomic mass is 9.86. The molecule has 0 radical (unpaired) electrons. The summed E-state index contributed by atoms with van der Waals surface area (Å²) < 4.78 is 0. The number of carbonyl (C=O) groups is 2. The van der Waals surface area contributed by atoms with Crippen molar-refractivity contribution in [3.05, 3.63) is 0 Å². The Bertz CT molecular complexity index is 309. The van der Waals surface area contributed by atoms with Crippen LogP contribution in [0.5, 0.6) is 0 Å². The predicted molar refractivity (Wildman–Crippen MR) is 69.0 cm³/mol. The standard InChI is InChI=1S/C13H24N2O3/c1-9(2)10(14)7-11(16)15-8-13(12(17)18)5-3-4-6-13/h9-10H,3-8,14H2,1-2H3,(H,15,16)(H,17,18). The fraction of sp³-hybridized carbons (Fsp3) is 0.846. The number of hydrogen-bond acceptors (Lipinski definition) is 3. The van der Waals surface area contributed by atoms with Gasteiger partial charge in [0, 0.05) is 19.0 Å². The summed E-state index contributed by atoms with van der Waals surface area (Å²) in [4.78, 5) is 23.0. The van der Waals surface area contributed by atoms with Gasteiger partial charge in [-0.25, -0.2) is 0 Å². The van der Waals surface area contributed by atoms with Gasteiger partial charge in [-0.2, -0.15) is 0 Å². The van der Waals surface area contributed by atoms with E-state index in [9.17, 15) is 14.7 Å². The van der Waals surface area contributed by atoms with Gasteiger partial charge < -0.3 is 16.2 Å². The number of nitrogens with two attached hydrogens (primary N) is 1. The summed E-state index contributed by atoms with van der Waals surface area (Å²) in [6, 6.07) is -0.172. The molecule has 0 heterocycles. The maximum atomic E-state index is 11.7. The van der Waals surface area contributed by atoms with Crippen LogP contribution in [0.2, 0.25) is 0 Å². The number of carboxylic acid groups (broad SMARTS) is 1. The van der Waals surface area contributed by atoms with E-state index in [0.717, 1.165) is 12.8 Å². The number of carboxylic acids is 1. The molecule has 4 N–H and O–H groups in total. The average Bonchev–Trinajstić information content (AvgIpc) is 2.76. The van der Waals surface area contributed by atoms with Crippen molar-refractivity contribution >= 4 is 11.9 Å². The molecule has 1 fully saturated rings. The third-order valence-corrected chi connectivity index (χ3v) is 3.92. The van der Waals surface area contributed by atoms with E-state index >= 15 is 0 Å². The lowest BCUT2D eigenvalue weighted by molar-refractivity contribution is -0.148. The SMILES string of the molecule is CC(C)C(N)CC(=O)NCC1(C(=O)O)CCCC1. The first-order chi connectivity index (χ1) is 8.37. The van der Waals surface area contributed by atoms with E-state index in [1.807, 2.05) is 13.8 Å². The van der Waals surface area contributed by atoms with Crippen molar-refractivity contribution in [2.45, 2.75) is 52.0 Å². The second kappa shape index (κ2) is 6.18. The highest BCUT2D eigenvalue weighted by Crippen LogP contribution is 2.37. The third kappa shape index (κ3) is 3.70. The predicted octanol–water partition coefficient (Wildman–Crippen LogP) is 1.12. The Hall–Kier alpha value is -1.10. The van der Waals surface area contributed by atoms with Crippen LogP contribution in [0.25, 0.3) is 0 Å². The summed E-state index contributed by atoms with van der Waals surface area (Å²) in [5.41, 5.74) is 5.06. The number of aliphatic carboxylic acids is 1. The molecule has 1 aliphatic rings. The lowest BCUT2D eigenvalue weighted by Crippen LogP contribution is -2.43. The molecule has 0 aromatic rings. The van der Waals surface area contributed by atoms with Crippen LogP contribution >= 0.6 is 0 Å². The van der Waals surface area contributed by atoms with Gasteiger partial charge in [-0.15, -0.1) is 0 Å². The van der Waals surface area contributed by atoms with Crippen molar-refractivity contribution in [3.8, 4) is 0 Å². The largest absolute Gasteiger partial charge is 0.481 e. The van der Waals surface area contributed by atoms with E-state index in [-0.39, 0.29) is 30.8 Å². The highest BCUT2D eigenvalue weighted by Gasteiger charge is 2.41. The topological polar surface area (TPSA) is 92.4 Å². The molecule has 104 valence electrons. The van der Waals surface area contributed by atoms with Crippen LogP contribution in [-0.2, 0) is 9.59 Å². The van der Waals surface area contributed by atoms with Gasteiger partial charge in [0.05, 0.1) is 5.41 Å². The van der Waals surface area contributed by atoms with Crippen LogP contribution in [0.4, 0.5) is 0 Å². The van der Waals surface area contributed by atoms with Crippen molar-refractivity contribution in [2.24, 2.45) is 17.1 Å². The molecular weight excluding hydrogens is 232 g/mol. The average molecular weight is 256 g/mol. The smallest absolute Gasteiger partial charge is 0.311 e. The third-order valence-electron chi connectivity index (χ3n) is 3.92. The first-order valence-electron chi connectivity index (χ1n) is 6.63. The first kappa shape index (κ1) is 15.0. The fourth-order valence-electron chi connectivity index (χ4n) is 2.31. The second-order valence-electron chi connectivity index (χ2n) is 5.68. The zero-order valence-electron chi connectivity index (χ0n) is 11.2. The number of rotatable bonds is 6. The molecule has 0 aromatic carbocycles. The summed E-state index contributed by atoms with van der Waals surface area (Å²) >= 11 is 0. The van der Waals surface area contributed by atoms with E-state index in [2.05, 4.69) is 5.32 Å². The minimum Gasteiger partial charge on any atom is -0.481 e. The van der Waals surface area contributed by atoms with Crippen LogP contribution in [0.1, 0.15) is 46.0 Å². The van der Waals surface area contributed by atoms with Gasteiger partial charge in [-0.1, -0.05) is 26.7 Å². The van der Waals surface area contributed by atoms with Gasteiger partial charge in [0.25, 0.3) is 0 Å². The van der Waals surface area contributed by atoms with E-state index in [0.29, 0.717) is 12.8 Å². The fourth-order valence-corrected chi connectivity index (χ4v) is 2.31. The lowest BCUT2D eigenvalue weighted by Gasteiger charge is -2.24. The monoisotopic (exact) mass is 256 g/mol. The Labute approximate surface area is 108 Å². The number of nitrogens with one attached hydrogen (secondary N) is 1. The quantitative estimate of drug-likeness (QED) is 0.664. The van der Waals surface area contributed by atoms with E-state index in [1.165, 1.54) is 0 Å². The molecule has 1 saturated carbocycles. The first-order valence-corrected chi connectivity index (χ1v) is 6.63. The van der Waals surface area contributed by atoms with Gasteiger partial charge in [-0.05, 0) is 18.8 Å². The summed E-state index contributed by atoms with van der Waals surface area (Å²) in [5.74, 6) is -0.701. The number of amides is 1. The summed E-state index contributed by atoms with van der Waals surface area (Å²) in [5, 5.41) is 12.0. The Balaban J connectivity index is 2.44. The summed E-state index contributed by atoms with van der Waals surface area (Å²) in [6.07, 6.45) is 3.41. The minimum atomic E-state index is -0.798. The molecule has 1 aliphatic carbocycles. The maximum Gasteiger partial charge on any atom is 0.311 e. The van der Waals surface area contributed by atoms with Crippen molar-refractivity contribution in [3.63, 3.8) is 0 Å². The highest BCUT2D eigenvalue weighted by atomic mass is 16.4. The normalized spacial score (nSPS) is 19.8. The molecular formula is C13H24N2O3. The van der Waals surface area contributed by atoms with Gasteiger partial charge >= 0.3 is 5.97 Å². The molecule has 1 rings (SSSR count). The van der Waals surface area contributed by atoms with Crippen molar-refractivity contribution in [1.82, 2.24) is 5.32 Å². The number of hydrogen-bond donors (Lipinski definition) is 3. The van der Waals surface area contributed by atoms with E-state index < -0.39 is 11.4 Å². The van der Waals surface area contributed by atoms with Crippen LogP contribution < -0.4 is 11.1 Å². The Morgan fingerprint density at radius 1 is 1.33 bits per heavy atom. The Morgan fingerprint density at radius 3 is 2.33 bits per heavy atom. The molecule has 0 aromatic heterocycles. The van der Waals surface area contributed by atoms with Crippen molar-refractivity contribution < 1.29 is 14.7 Å². The molecule has 0 spiro atoms. The zero-order chi connectivity index (χ0) is 13.8. The second-order valence-corrected chi connectivity index (χ2v) is 5.68. The van der Waals surface area contributed by atoms with E-state index in [1.54, 1.807) is 0 Å². The van der Waals surface area contributed by atoms with Crippen molar-refractivity contribution in [1.29, 1.82) is 0 Å². The molecule has 18 heavy (non-hydrogen) atoms. The van der Waals surface area contributed by atoms with Gasteiger partial charge in [0.15, 0.2) is 0 Å². The van der Waals surface area contributed by atoms with Crippen molar-refractivity contribution in [2.75, 3.05) is 6.54 Å². The Kier molecular flexibility index (Phi) is 5.14. The number of carbonyl (C=O) groups excluding carboxylic acids is 1. The summed E-state index contributed by atoms with van der Waals surface area (Å²) in [6.45, 7) is 4.16. The van der Waals surface area contributed by atoms with Crippen LogP contribution in [0, 0.1) is 11.3 Å². The van der Waals surface area contributed by atoms with Gasteiger partial charge in [0.2, 0.25) is 5.91 Å². The molecule has 5 heteroatoms. The summed E-state index contributed by atoms with van der Waals surface area (Å²) in [7, 11) is 0. The molecule has 5 nitrogen and oxygen atoms in total. The van der Waals surface area contributed by atoms with Gasteiger partial charge in [0.1, 0.15) is 0 Å². The molecule has 0 aliphatic heterocycles. The molecule has 1 atom stereocenters.